The number of carbonyl (C=O) groups excluding carboxylic acids is 1. The van der Waals surface area contributed by atoms with Crippen LogP contribution < -0.4 is 10.1 Å². The van der Waals surface area contributed by atoms with E-state index in [2.05, 4.69) is 10.3 Å². The normalized spacial score (nSPS) is 11.4. The van der Waals surface area contributed by atoms with Crippen molar-refractivity contribution >= 4 is 39.1 Å². The number of halogens is 4. The van der Waals surface area contributed by atoms with E-state index >= 15 is 0 Å². The lowest BCUT2D eigenvalue weighted by Crippen LogP contribution is -2.16. The zero-order valence-corrected chi connectivity index (χ0v) is 17.8. The molecule has 1 amide bonds. The Morgan fingerprint density at radius 2 is 1.82 bits per heavy atom. The first-order valence-electron chi connectivity index (χ1n) is 9.66. The first-order valence-corrected chi connectivity index (χ1v) is 10.5. The van der Waals surface area contributed by atoms with Crippen LogP contribution in [0.5, 0.6) is 10.9 Å². The second-order valence-corrected chi connectivity index (χ2v) is 8.07. The van der Waals surface area contributed by atoms with Crippen LogP contribution in [0.3, 0.4) is 0 Å². The largest absolute Gasteiger partial charge is 0.478 e. The number of alkyl halides is 3. The fourth-order valence-electron chi connectivity index (χ4n) is 3.14. The molecule has 1 heterocycles. The average molecular weight is 490 g/mol. The van der Waals surface area contributed by atoms with Crippen molar-refractivity contribution in [2.24, 2.45) is 0 Å². The predicted molar refractivity (Wildman–Crippen MR) is 117 cm³/mol. The molecular formula is C23H14F4N2O4S. The number of benzene rings is 3. The van der Waals surface area contributed by atoms with Crippen LogP contribution in [0.15, 0.2) is 60.7 Å². The lowest BCUT2D eigenvalue weighted by atomic mass is 10.1. The molecule has 0 spiro atoms. The smallest absolute Gasteiger partial charge is 0.416 e. The number of amides is 1. The molecule has 0 fully saturated rings. The van der Waals surface area contributed by atoms with Gasteiger partial charge in [-0.1, -0.05) is 35.6 Å². The van der Waals surface area contributed by atoms with Gasteiger partial charge in [-0.05, 0) is 35.9 Å². The highest BCUT2D eigenvalue weighted by molar-refractivity contribution is 7.20. The van der Waals surface area contributed by atoms with Gasteiger partial charge >= 0.3 is 12.1 Å². The fraction of sp³-hybridized carbons (Fsp3) is 0.0870. The number of thiazole rings is 1. The van der Waals surface area contributed by atoms with Crippen molar-refractivity contribution in [2.75, 3.05) is 5.32 Å². The Balaban J connectivity index is 1.50. The van der Waals surface area contributed by atoms with E-state index in [-0.39, 0.29) is 27.8 Å². The maximum atomic E-state index is 14.2. The maximum absolute atomic E-state index is 14.2. The predicted octanol–water partition coefficient (Wildman–Crippen LogP) is 6.13. The molecule has 0 saturated carbocycles. The summed E-state index contributed by atoms with van der Waals surface area (Å²) in [5.41, 5.74) is -0.532. The standard InChI is InChI=1S/C23H14F4N2O4S/c24-16-8-7-14(33-22-29-17-6-2-5-15(21(31)32)20(17)34-22)11-18(16)28-19(30)10-12-3-1-4-13(9-12)23(25,26)27/h1-9,11H,10H2,(H,28,30)(H,31,32). The Kier molecular flexibility index (Phi) is 6.20. The van der Waals surface area contributed by atoms with Gasteiger partial charge in [-0.25, -0.2) is 14.2 Å². The van der Waals surface area contributed by atoms with Gasteiger partial charge in [0.25, 0.3) is 5.19 Å². The highest BCUT2D eigenvalue weighted by atomic mass is 32.1. The number of aromatic nitrogens is 1. The summed E-state index contributed by atoms with van der Waals surface area (Å²) in [7, 11) is 0. The molecule has 0 aliphatic carbocycles. The molecule has 4 rings (SSSR count). The maximum Gasteiger partial charge on any atom is 0.416 e. The molecule has 0 atom stereocenters. The number of carbonyl (C=O) groups is 2. The van der Waals surface area contributed by atoms with Gasteiger partial charge in [0.15, 0.2) is 0 Å². The number of carboxylic acid groups (broad SMARTS) is 1. The highest BCUT2D eigenvalue weighted by Crippen LogP contribution is 2.34. The van der Waals surface area contributed by atoms with Crippen molar-refractivity contribution in [2.45, 2.75) is 12.6 Å². The fourth-order valence-corrected chi connectivity index (χ4v) is 4.08. The molecule has 0 radical (unpaired) electrons. The van der Waals surface area contributed by atoms with Gasteiger partial charge in [0, 0.05) is 6.07 Å². The molecule has 1 aromatic heterocycles. The molecule has 2 N–H and O–H groups in total. The van der Waals surface area contributed by atoms with Crippen molar-refractivity contribution in [1.82, 2.24) is 4.98 Å². The number of hydrogen-bond donors (Lipinski definition) is 2. The summed E-state index contributed by atoms with van der Waals surface area (Å²) in [6, 6.07) is 12.4. The molecule has 3 aromatic carbocycles. The molecule has 11 heteroatoms. The summed E-state index contributed by atoms with van der Waals surface area (Å²) < 4.78 is 58.8. The number of anilines is 1. The van der Waals surface area contributed by atoms with Crippen LogP contribution in [0.4, 0.5) is 23.2 Å². The summed E-state index contributed by atoms with van der Waals surface area (Å²) in [5, 5.41) is 11.7. The van der Waals surface area contributed by atoms with Gasteiger partial charge in [-0.2, -0.15) is 13.2 Å². The quantitative estimate of drug-likeness (QED) is 0.318. The van der Waals surface area contributed by atoms with Crippen LogP contribution in [0.2, 0.25) is 0 Å². The van der Waals surface area contributed by atoms with Crippen molar-refractivity contribution in [1.29, 1.82) is 0 Å². The van der Waals surface area contributed by atoms with Gasteiger partial charge in [-0.15, -0.1) is 0 Å². The number of aromatic carboxylic acids is 1. The van der Waals surface area contributed by atoms with Crippen LogP contribution in [0, 0.1) is 5.82 Å². The SMILES string of the molecule is O=C(Cc1cccc(C(F)(F)F)c1)Nc1cc(Oc2nc3cccc(C(=O)O)c3s2)ccc1F. The van der Waals surface area contributed by atoms with Crippen molar-refractivity contribution < 1.29 is 37.0 Å². The Hall–Kier alpha value is -3.99. The van der Waals surface area contributed by atoms with Crippen molar-refractivity contribution in [3.05, 3.63) is 83.2 Å². The van der Waals surface area contributed by atoms with Crippen molar-refractivity contribution in [3.63, 3.8) is 0 Å². The number of hydrogen-bond acceptors (Lipinski definition) is 5. The number of nitrogens with zero attached hydrogens (tertiary/aromatic N) is 1. The topological polar surface area (TPSA) is 88.5 Å². The zero-order valence-electron chi connectivity index (χ0n) is 17.0. The van der Waals surface area contributed by atoms with E-state index in [1.807, 2.05) is 0 Å². The summed E-state index contributed by atoms with van der Waals surface area (Å²) in [4.78, 5) is 27.9. The molecular weight excluding hydrogens is 476 g/mol. The van der Waals surface area contributed by atoms with Gasteiger partial charge in [0.2, 0.25) is 5.91 Å². The Bertz CT molecular complexity index is 1400. The minimum atomic E-state index is -4.55. The molecule has 174 valence electrons. The van der Waals surface area contributed by atoms with E-state index in [9.17, 15) is 32.3 Å². The third-order valence-electron chi connectivity index (χ3n) is 4.66. The molecule has 34 heavy (non-hydrogen) atoms. The van der Waals surface area contributed by atoms with E-state index in [0.29, 0.717) is 10.2 Å². The minimum Gasteiger partial charge on any atom is -0.478 e. The number of fused-ring (bicyclic) bond motifs is 1. The third kappa shape index (κ3) is 5.15. The van der Waals surface area contributed by atoms with Crippen LogP contribution >= 0.6 is 11.3 Å². The molecule has 0 saturated heterocycles. The van der Waals surface area contributed by atoms with Crippen LogP contribution in [0.1, 0.15) is 21.5 Å². The molecule has 0 aliphatic rings. The Morgan fingerprint density at radius 3 is 2.56 bits per heavy atom. The zero-order chi connectivity index (χ0) is 24.5. The second kappa shape index (κ2) is 9.10. The minimum absolute atomic E-state index is 0.0616. The van der Waals surface area contributed by atoms with E-state index in [1.165, 1.54) is 30.3 Å². The van der Waals surface area contributed by atoms with E-state index in [1.54, 1.807) is 12.1 Å². The average Bonchev–Trinajstić information content (AvgIpc) is 3.18. The first-order chi connectivity index (χ1) is 16.1. The van der Waals surface area contributed by atoms with Gasteiger partial charge in [0.1, 0.15) is 11.6 Å². The van der Waals surface area contributed by atoms with Gasteiger partial charge in [0.05, 0.1) is 33.5 Å². The van der Waals surface area contributed by atoms with E-state index in [4.69, 9.17) is 4.74 Å². The lowest BCUT2D eigenvalue weighted by molar-refractivity contribution is -0.137. The summed E-state index contributed by atoms with van der Waals surface area (Å²) in [6.07, 6.45) is -4.94. The molecule has 4 aromatic rings. The summed E-state index contributed by atoms with van der Waals surface area (Å²) >= 11 is 0.989. The van der Waals surface area contributed by atoms with Gasteiger partial charge < -0.3 is 15.2 Å². The number of nitrogens with one attached hydrogen (secondary N) is 1. The second-order valence-electron chi connectivity index (χ2n) is 7.11. The number of ether oxygens (including phenoxy) is 1. The molecule has 0 unspecified atom stereocenters. The van der Waals surface area contributed by atoms with Crippen molar-refractivity contribution in [3.8, 4) is 10.9 Å². The van der Waals surface area contributed by atoms with Crippen LogP contribution in [-0.2, 0) is 17.4 Å². The Morgan fingerprint density at radius 1 is 1.06 bits per heavy atom. The molecule has 0 aliphatic heterocycles. The van der Waals surface area contributed by atoms with E-state index < -0.39 is 35.9 Å². The highest BCUT2D eigenvalue weighted by Gasteiger charge is 2.30. The molecule has 6 nitrogen and oxygen atoms in total. The summed E-state index contributed by atoms with van der Waals surface area (Å²) in [5.74, 6) is -2.50. The third-order valence-corrected chi connectivity index (χ3v) is 5.64. The first kappa shape index (κ1) is 23.2. The van der Waals surface area contributed by atoms with E-state index in [0.717, 1.165) is 29.5 Å². The monoisotopic (exact) mass is 490 g/mol. The Labute approximate surface area is 193 Å². The van der Waals surface area contributed by atoms with Crippen LogP contribution in [-0.4, -0.2) is 22.0 Å². The molecule has 0 bridgehead atoms. The number of carboxylic acids is 1. The summed E-state index contributed by atoms with van der Waals surface area (Å²) in [6.45, 7) is 0. The van der Waals surface area contributed by atoms with Crippen LogP contribution in [0.25, 0.3) is 10.2 Å². The van der Waals surface area contributed by atoms with Gasteiger partial charge in [-0.3, -0.25) is 4.79 Å². The lowest BCUT2D eigenvalue weighted by Gasteiger charge is -2.10. The number of rotatable bonds is 6.